The summed E-state index contributed by atoms with van der Waals surface area (Å²) in [6, 6.07) is 2.90. The number of hydrogen-bond donors (Lipinski definition) is 1. The molecule has 1 heterocycles. The van der Waals surface area contributed by atoms with E-state index in [9.17, 15) is 0 Å². The number of hydrogen-bond acceptors (Lipinski definition) is 2. The second-order valence-electron chi connectivity index (χ2n) is 6.38. The first-order valence-corrected chi connectivity index (χ1v) is 8.44. The minimum absolute atomic E-state index is 0.737. The summed E-state index contributed by atoms with van der Waals surface area (Å²) in [6.07, 6.45) is 11.4. The fourth-order valence-electron chi connectivity index (χ4n) is 3.86. The molecule has 1 aromatic rings. The molecule has 0 aromatic carbocycles. The topological polar surface area (TPSA) is 29.9 Å². The second-order valence-corrected chi connectivity index (χ2v) is 6.38. The van der Waals surface area contributed by atoms with E-state index in [0.29, 0.717) is 0 Å². The van der Waals surface area contributed by atoms with E-state index in [2.05, 4.69) is 37.4 Å². The molecule has 1 aromatic heterocycles. The molecule has 1 saturated carbocycles. The van der Waals surface area contributed by atoms with Crippen LogP contribution in [-0.4, -0.2) is 22.4 Å². The molecular weight excluding hydrogens is 246 g/mol. The molecule has 1 aliphatic carbocycles. The average Bonchev–Trinajstić information content (AvgIpc) is 2.85. The maximum absolute atomic E-state index is 4.28. The number of rotatable bonds is 7. The van der Waals surface area contributed by atoms with Crippen molar-refractivity contribution in [1.29, 1.82) is 0 Å². The van der Waals surface area contributed by atoms with Crippen LogP contribution in [0.4, 0.5) is 0 Å². The molecule has 1 aliphatic rings. The van der Waals surface area contributed by atoms with Crippen molar-refractivity contribution >= 4 is 0 Å². The van der Waals surface area contributed by atoms with Crippen LogP contribution in [-0.2, 0) is 13.5 Å². The standard InChI is InChI=1S/C17H31N3/c1-4-6-14-7-10-17(18-5-2)15(13-14)8-9-16-11-12-19-20(16)3/h11-12,14-15,17-18H,4-10,13H2,1-3H3. The van der Waals surface area contributed by atoms with Gasteiger partial charge in [0, 0.05) is 25.0 Å². The third-order valence-corrected chi connectivity index (χ3v) is 4.95. The van der Waals surface area contributed by atoms with Gasteiger partial charge in [-0.2, -0.15) is 5.10 Å². The van der Waals surface area contributed by atoms with Crippen LogP contribution < -0.4 is 5.32 Å². The Morgan fingerprint density at radius 2 is 2.15 bits per heavy atom. The molecule has 3 atom stereocenters. The van der Waals surface area contributed by atoms with Crippen molar-refractivity contribution in [3.63, 3.8) is 0 Å². The van der Waals surface area contributed by atoms with Gasteiger partial charge in [0.15, 0.2) is 0 Å². The van der Waals surface area contributed by atoms with Gasteiger partial charge in [-0.15, -0.1) is 0 Å². The molecule has 3 nitrogen and oxygen atoms in total. The van der Waals surface area contributed by atoms with E-state index in [0.717, 1.165) is 24.4 Å². The van der Waals surface area contributed by atoms with Gasteiger partial charge in [0.05, 0.1) is 0 Å². The van der Waals surface area contributed by atoms with Crippen LogP contribution in [0.1, 0.15) is 58.1 Å². The fourth-order valence-corrected chi connectivity index (χ4v) is 3.86. The van der Waals surface area contributed by atoms with Gasteiger partial charge in [-0.05, 0) is 56.6 Å². The smallest absolute Gasteiger partial charge is 0.0492 e. The third-order valence-electron chi connectivity index (χ3n) is 4.95. The van der Waals surface area contributed by atoms with E-state index in [1.165, 1.54) is 50.6 Å². The van der Waals surface area contributed by atoms with Gasteiger partial charge >= 0.3 is 0 Å². The SMILES string of the molecule is CCCC1CCC(NCC)C(CCc2ccnn2C)C1. The normalized spacial score (nSPS) is 26.9. The van der Waals surface area contributed by atoms with E-state index >= 15 is 0 Å². The molecule has 1 N–H and O–H groups in total. The van der Waals surface area contributed by atoms with Crippen molar-refractivity contribution < 1.29 is 0 Å². The van der Waals surface area contributed by atoms with Crippen LogP contribution in [0.3, 0.4) is 0 Å². The van der Waals surface area contributed by atoms with E-state index in [1.807, 2.05) is 10.9 Å². The van der Waals surface area contributed by atoms with Crippen LogP contribution in [0, 0.1) is 11.8 Å². The van der Waals surface area contributed by atoms with Gasteiger partial charge in [-0.25, -0.2) is 0 Å². The van der Waals surface area contributed by atoms with Gasteiger partial charge in [0.25, 0.3) is 0 Å². The lowest BCUT2D eigenvalue weighted by atomic mass is 9.74. The molecule has 0 saturated heterocycles. The quantitative estimate of drug-likeness (QED) is 0.826. The Balaban J connectivity index is 1.90. The Kier molecular flexibility index (Phi) is 6.08. The van der Waals surface area contributed by atoms with Crippen LogP contribution in [0.5, 0.6) is 0 Å². The molecule has 0 amide bonds. The summed E-state index contributed by atoms with van der Waals surface area (Å²) in [7, 11) is 2.05. The summed E-state index contributed by atoms with van der Waals surface area (Å²) in [4.78, 5) is 0. The minimum Gasteiger partial charge on any atom is -0.314 e. The molecule has 0 spiro atoms. The fraction of sp³-hybridized carbons (Fsp3) is 0.824. The lowest BCUT2D eigenvalue weighted by molar-refractivity contribution is 0.187. The summed E-state index contributed by atoms with van der Waals surface area (Å²) in [5.41, 5.74) is 1.37. The van der Waals surface area contributed by atoms with Crippen LogP contribution in [0.2, 0.25) is 0 Å². The van der Waals surface area contributed by atoms with Gasteiger partial charge < -0.3 is 5.32 Å². The highest BCUT2D eigenvalue weighted by Crippen LogP contribution is 2.34. The first kappa shape index (κ1) is 15.6. The first-order chi connectivity index (χ1) is 9.74. The zero-order chi connectivity index (χ0) is 14.4. The van der Waals surface area contributed by atoms with Crippen LogP contribution in [0.15, 0.2) is 12.3 Å². The maximum Gasteiger partial charge on any atom is 0.0492 e. The molecule has 3 unspecified atom stereocenters. The molecule has 0 aliphatic heterocycles. The van der Waals surface area contributed by atoms with E-state index in [-0.39, 0.29) is 0 Å². The average molecular weight is 277 g/mol. The summed E-state index contributed by atoms with van der Waals surface area (Å²) in [5.74, 6) is 1.81. The van der Waals surface area contributed by atoms with Crippen molar-refractivity contribution in [3.05, 3.63) is 18.0 Å². The van der Waals surface area contributed by atoms with E-state index < -0.39 is 0 Å². The third kappa shape index (κ3) is 4.08. The summed E-state index contributed by atoms with van der Waals surface area (Å²) < 4.78 is 2.02. The molecule has 114 valence electrons. The van der Waals surface area contributed by atoms with E-state index in [4.69, 9.17) is 0 Å². The highest BCUT2D eigenvalue weighted by molar-refractivity contribution is 5.00. The van der Waals surface area contributed by atoms with Gasteiger partial charge in [-0.1, -0.05) is 26.7 Å². The Morgan fingerprint density at radius 1 is 1.30 bits per heavy atom. The predicted molar refractivity (Wildman–Crippen MR) is 84.7 cm³/mol. The van der Waals surface area contributed by atoms with Gasteiger partial charge in [0.1, 0.15) is 0 Å². The van der Waals surface area contributed by atoms with Gasteiger partial charge in [-0.3, -0.25) is 4.68 Å². The number of aryl methyl sites for hydroxylation is 2. The van der Waals surface area contributed by atoms with Crippen molar-refractivity contribution in [2.45, 2.75) is 64.8 Å². The van der Waals surface area contributed by atoms with E-state index in [1.54, 1.807) is 0 Å². The van der Waals surface area contributed by atoms with Gasteiger partial charge in [0.2, 0.25) is 0 Å². The molecule has 0 radical (unpaired) electrons. The Morgan fingerprint density at radius 3 is 2.80 bits per heavy atom. The monoisotopic (exact) mass is 277 g/mol. The van der Waals surface area contributed by atoms with Crippen molar-refractivity contribution in [1.82, 2.24) is 15.1 Å². The number of nitrogens with zero attached hydrogens (tertiary/aromatic N) is 2. The number of nitrogens with one attached hydrogen (secondary N) is 1. The second kappa shape index (κ2) is 7.82. The molecule has 20 heavy (non-hydrogen) atoms. The molecular formula is C17H31N3. The zero-order valence-corrected chi connectivity index (χ0v) is 13.4. The van der Waals surface area contributed by atoms with Crippen molar-refractivity contribution in [3.8, 4) is 0 Å². The summed E-state index contributed by atoms with van der Waals surface area (Å²) in [5, 5.41) is 8.00. The zero-order valence-electron chi connectivity index (χ0n) is 13.4. The van der Waals surface area contributed by atoms with Crippen molar-refractivity contribution in [2.24, 2.45) is 18.9 Å². The first-order valence-electron chi connectivity index (χ1n) is 8.44. The van der Waals surface area contributed by atoms with Crippen molar-refractivity contribution in [2.75, 3.05) is 6.54 Å². The molecule has 1 fully saturated rings. The highest BCUT2D eigenvalue weighted by atomic mass is 15.2. The van der Waals surface area contributed by atoms with Crippen LogP contribution >= 0.6 is 0 Å². The largest absolute Gasteiger partial charge is 0.314 e. The Hall–Kier alpha value is -0.830. The Labute approximate surface area is 124 Å². The highest BCUT2D eigenvalue weighted by Gasteiger charge is 2.29. The summed E-state index contributed by atoms with van der Waals surface area (Å²) in [6.45, 7) is 5.66. The lowest BCUT2D eigenvalue weighted by Gasteiger charge is -2.37. The summed E-state index contributed by atoms with van der Waals surface area (Å²) >= 11 is 0. The maximum atomic E-state index is 4.28. The minimum atomic E-state index is 0.737. The lowest BCUT2D eigenvalue weighted by Crippen LogP contribution is -2.40. The Bertz CT molecular complexity index is 385. The molecule has 0 bridgehead atoms. The van der Waals surface area contributed by atoms with Crippen LogP contribution in [0.25, 0.3) is 0 Å². The molecule has 2 rings (SSSR count). The molecule has 3 heteroatoms. The predicted octanol–water partition coefficient (Wildman–Crippen LogP) is 3.55. The number of aromatic nitrogens is 2.